The van der Waals surface area contributed by atoms with Gasteiger partial charge in [-0.3, -0.25) is 0 Å². The first-order chi connectivity index (χ1) is 1.41. The van der Waals surface area contributed by atoms with Gasteiger partial charge in [-0.15, -0.1) is 0 Å². The van der Waals surface area contributed by atoms with Crippen LogP contribution in [0.2, 0.25) is 0 Å². The molecular weight excluding hydrogens is 118 g/mol. The molecule has 0 heterocycles. The molecule has 0 aliphatic carbocycles. The minimum absolute atomic E-state index is 0. The number of hydrogen-bond donors (Lipinski definition) is 0. The molecule has 0 rings (SSSR count). The molecule has 0 aliphatic heterocycles. The third-order valence-electron chi connectivity index (χ3n) is 0. The predicted molar refractivity (Wildman–Crippen MR) is 20.1 cm³/mol. The van der Waals surface area contributed by atoms with E-state index in [1.54, 1.807) is 0 Å². The Morgan fingerprint density at radius 3 is 1.20 bits per heavy atom. The van der Waals surface area contributed by atoms with Gasteiger partial charge in [0.05, 0.1) is 0 Å². The summed E-state index contributed by atoms with van der Waals surface area (Å²) in [6.45, 7) is 0. The molecule has 0 aromatic carbocycles. The van der Waals surface area contributed by atoms with Crippen molar-refractivity contribution in [2.45, 2.75) is 0 Å². The largest absolute Gasteiger partial charge is 0.879 e. The molecule has 0 aliphatic rings. The molecule has 2 N–H and O–H groups in total. The quantitative estimate of drug-likeness (QED) is 0.359. The van der Waals surface area contributed by atoms with Gasteiger partial charge in [-0.05, 0) is 0 Å². The zero-order chi connectivity index (χ0) is 2.71. The van der Waals surface area contributed by atoms with Gasteiger partial charge in [-0.25, -0.2) is 0 Å². The van der Waals surface area contributed by atoms with E-state index in [0.717, 1.165) is 0 Å². The predicted octanol–water partition coefficient (Wildman–Crippen LogP) is -1.28. The van der Waals surface area contributed by atoms with Crippen LogP contribution in [0.25, 0.3) is 0 Å². The standard InChI is InChI=1S/Ca.2FH.Mg.H2O.2H/h;2*1H;;1H2;;/q;;;+2;;;/p-2. The minimum Gasteiger partial charge on any atom is -0.440 e. The van der Waals surface area contributed by atoms with Crippen LogP contribution in [-0.4, -0.2) is 64.7 Å². The Morgan fingerprint density at radius 2 is 1.20 bits per heavy atom. The monoisotopic (exact) mass is 122 g/mol. The maximum absolute atomic E-state index is 9.76. The van der Waals surface area contributed by atoms with E-state index in [1.807, 2.05) is 0 Å². The molecule has 0 saturated heterocycles. The van der Waals surface area contributed by atoms with Crippen molar-refractivity contribution in [3.63, 3.8) is 0 Å². The van der Waals surface area contributed by atoms with Crippen LogP contribution in [-0.2, 0) is 0 Å². The topological polar surface area (TPSA) is 31.5 Å². The van der Waals surface area contributed by atoms with Crippen LogP contribution < -0.4 is 0 Å². The normalized spacial score (nSPS) is 2.00. The van der Waals surface area contributed by atoms with Crippen LogP contribution in [0.15, 0.2) is 0 Å². The smallest absolute Gasteiger partial charge is 0.440 e. The fourth-order valence-corrected chi connectivity index (χ4v) is 0. The Hall–Kier alpha value is 1.85. The van der Waals surface area contributed by atoms with E-state index in [-0.39, 0.29) is 43.2 Å². The average Bonchev–Trinajstić information content (AvgIpc) is 0.918. The number of rotatable bonds is 0. The molecule has 5 heteroatoms. The van der Waals surface area contributed by atoms with Crippen molar-refractivity contribution < 1.29 is 11.4 Å². The second kappa shape index (κ2) is 16.9. The summed E-state index contributed by atoms with van der Waals surface area (Å²) < 4.78 is 19.5. The third-order valence-corrected chi connectivity index (χ3v) is 0. The molecule has 0 fully saturated rings. The molecule has 0 unspecified atom stereocenters. The van der Waals surface area contributed by atoms with Gasteiger partial charge in [-0.1, -0.05) is 0 Å². The van der Waals surface area contributed by atoms with Gasteiger partial charge in [0.2, 0.25) is 0 Å². The molecule has 0 saturated carbocycles. The van der Waals surface area contributed by atoms with E-state index in [1.165, 1.54) is 0 Å². The Balaban J connectivity index is -0.0000000200. The molecule has 28 valence electrons. The second-order valence-corrected chi connectivity index (χ2v) is 0.303. The van der Waals surface area contributed by atoms with Gasteiger partial charge in [0.1, 0.15) is 0 Å². The molecule has 0 aromatic rings. The summed E-state index contributed by atoms with van der Waals surface area (Å²) >= 11 is -2.58. The van der Waals surface area contributed by atoms with Crippen molar-refractivity contribution in [3.8, 4) is 0 Å². The summed E-state index contributed by atoms with van der Waals surface area (Å²) in [5.41, 5.74) is 0. The van der Waals surface area contributed by atoms with Crippen molar-refractivity contribution in [3.05, 3.63) is 0 Å². The van der Waals surface area contributed by atoms with E-state index in [2.05, 4.69) is 0 Å². The summed E-state index contributed by atoms with van der Waals surface area (Å²) in [6.07, 6.45) is 0. The van der Waals surface area contributed by atoms with Crippen molar-refractivity contribution in [2.24, 2.45) is 0 Å². The molecule has 0 spiro atoms. The zero-order valence-electron chi connectivity index (χ0n) is 1.96. The van der Waals surface area contributed by atoms with E-state index < -0.39 is 21.5 Å². The first-order valence-corrected chi connectivity index (χ1v) is 1.60. The molecule has 0 bridgehead atoms. The van der Waals surface area contributed by atoms with Crippen molar-refractivity contribution in [2.75, 3.05) is 0 Å². The summed E-state index contributed by atoms with van der Waals surface area (Å²) in [6, 6.07) is 0. The van der Waals surface area contributed by atoms with Crippen molar-refractivity contribution in [1.29, 1.82) is 0 Å². The summed E-state index contributed by atoms with van der Waals surface area (Å²) in [5, 5.41) is 0. The minimum atomic E-state index is -2.58. The van der Waals surface area contributed by atoms with E-state index in [4.69, 9.17) is 0 Å². The fourth-order valence-electron chi connectivity index (χ4n) is 0. The first-order valence-electron chi connectivity index (χ1n) is 0.535. The van der Waals surface area contributed by atoms with E-state index in [9.17, 15) is 5.91 Å². The maximum Gasteiger partial charge on any atom is 0.879 e. The van der Waals surface area contributed by atoms with Crippen molar-refractivity contribution >= 4 is 59.2 Å². The summed E-state index contributed by atoms with van der Waals surface area (Å²) in [4.78, 5) is 0. The Bertz CT molecular complexity index is 9.61. The van der Waals surface area contributed by atoms with E-state index >= 15 is 0 Å². The number of hydrogen-bond acceptors (Lipinski definition) is 0. The third kappa shape index (κ3) is 25.4. The molecular formula is H4CaF2MgO. The number of halogens is 2. The van der Waals surface area contributed by atoms with Crippen LogP contribution in [0.3, 0.4) is 0 Å². The van der Waals surface area contributed by atoms with Crippen LogP contribution in [0, 0.1) is 0 Å². The molecule has 1 nitrogen and oxygen atoms in total. The molecule has 0 aromatic heterocycles. The Morgan fingerprint density at radius 1 is 1.20 bits per heavy atom. The average molecular weight is 122 g/mol. The Kier molecular flexibility index (Phi) is 53.6. The van der Waals surface area contributed by atoms with Crippen LogP contribution >= 0.6 is 0 Å². The van der Waals surface area contributed by atoms with Gasteiger partial charge >= 0.3 is 59.2 Å². The molecule has 0 amide bonds. The SMILES string of the molecule is O.[CaH2].[F][Mg][F]. The van der Waals surface area contributed by atoms with Gasteiger partial charge in [0.25, 0.3) is 0 Å². The van der Waals surface area contributed by atoms with Crippen LogP contribution in [0.4, 0.5) is 5.91 Å². The van der Waals surface area contributed by atoms with Crippen molar-refractivity contribution in [1.82, 2.24) is 0 Å². The molecule has 0 atom stereocenters. The molecule has 0 radical (unpaired) electrons. The van der Waals surface area contributed by atoms with Crippen LogP contribution in [0.5, 0.6) is 0 Å². The van der Waals surface area contributed by atoms with Gasteiger partial charge in [-0.2, -0.15) is 0 Å². The maximum atomic E-state index is 9.76. The zero-order valence-corrected chi connectivity index (χ0v) is 3.38. The fraction of sp³-hybridized carbons (Fsp3) is 0. The summed E-state index contributed by atoms with van der Waals surface area (Å²) in [5.74, 6) is 0. The summed E-state index contributed by atoms with van der Waals surface area (Å²) in [7, 11) is 0. The Labute approximate surface area is 69.6 Å². The van der Waals surface area contributed by atoms with E-state index in [0.29, 0.717) is 0 Å². The van der Waals surface area contributed by atoms with Gasteiger partial charge in [0.15, 0.2) is 0 Å². The van der Waals surface area contributed by atoms with Gasteiger partial charge in [0, 0.05) is 0 Å². The molecule has 5 heavy (non-hydrogen) atoms. The second-order valence-electron chi connectivity index (χ2n) is 0.101. The first kappa shape index (κ1) is 15.8. The van der Waals surface area contributed by atoms with Gasteiger partial charge < -0.3 is 11.4 Å². The van der Waals surface area contributed by atoms with Crippen LogP contribution in [0.1, 0.15) is 0 Å².